The van der Waals surface area contributed by atoms with Crippen LogP contribution in [0, 0.1) is 10.6 Å². The van der Waals surface area contributed by atoms with Crippen molar-refractivity contribution in [3.8, 4) is 0 Å². The molecule has 1 aromatic heterocycles. The largest absolute Gasteiger partial charge is 0.334 e. The van der Waals surface area contributed by atoms with Gasteiger partial charge in [0.1, 0.15) is 5.82 Å². The average Bonchev–Trinajstić information content (AvgIpc) is 3.02. The highest BCUT2D eigenvalue weighted by molar-refractivity contribution is 9.10. The summed E-state index contributed by atoms with van der Waals surface area (Å²) in [5.41, 5.74) is 1.95. The van der Waals surface area contributed by atoms with Crippen LogP contribution in [0.2, 0.25) is 0 Å². The Balaban J connectivity index is 1.86. The highest BCUT2D eigenvalue weighted by Crippen LogP contribution is 2.34. The number of halogens is 2. The van der Waals surface area contributed by atoms with Gasteiger partial charge in [-0.15, -0.1) is 0 Å². The zero-order chi connectivity index (χ0) is 18.4. The van der Waals surface area contributed by atoms with Crippen LogP contribution < -0.4 is 4.72 Å². The van der Waals surface area contributed by atoms with Crippen molar-refractivity contribution in [2.45, 2.75) is 25.3 Å². The maximum absolute atomic E-state index is 14.2. The predicted molar refractivity (Wildman–Crippen MR) is 96.9 cm³/mol. The van der Waals surface area contributed by atoms with Crippen molar-refractivity contribution in [1.82, 2.24) is 14.3 Å². The molecule has 0 spiro atoms. The zero-order valence-electron chi connectivity index (χ0n) is 13.2. The number of hydrogen-bond donors (Lipinski definition) is 2. The molecule has 25 heavy (non-hydrogen) atoms. The molecule has 1 aliphatic rings. The maximum atomic E-state index is 14.2. The standard InChI is InChI=1S/C15H15BrFN3O3S2/c1-25(22,23)19-14(21)6-12-13-4-8(7-20(13)15(24)18-12)10-5-9(16)2-3-11(10)17/h2-3,5,8H,4,6-7H2,1H3,(H,18,24)(H,19,21)/t8-/m1/s1. The summed E-state index contributed by atoms with van der Waals surface area (Å²) in [5, 5.41) is 0. The molecule has 10 heteroatoms. The molecule has 2 N–H and O–H groups in total. The van der Waals surface area contributed by atoms with Crippen LogP contribution in [-0.2, 0) is 34.2 Å². The Morgan fingerprint density at radius 2 is 2.24 bits per heavy atom. The van der Waals surface area contributed by atoms with Crippen molar-refractivity contribution < 1.29 is 17.6 Å². The molecule has 0 radical (unpaired) electrons. The Kier molecular flexibility index (Phi) is 4.86. The quantitative estimate of drug-likeness (QED) is 0.704. The Labute approximate surface area is 157 Å². The second-order valence-corrected chi connectivity index (χ2v) is 9.06. The van der Waals surface area contributed by atoms with Crippen LogP contribution in [-0.4, -0.2) is 30.1 Å². The summed E-state index contributed by atoms with van der Waals surface area (Å²) in [5.74, 6) is -1.02. The van der Waals surface area contributed by atoms with E-state index in [4.69, 9.17) is 12.2 Å². The number of benzene rings is 1. The highest BCUT2D eigenvalue weighted by atomic mass is 79.9. The van der Waals surface area contributed by atoms with E-state index in [0.29, 0.717) is 29.0 Å². The van der Waals surface area contributed by atoms with E-state index in [2.05, 4.69) is 20.9 Å². The van der Waals surface area contributed by atoms with Gasteiger partial charge >= 0.3 is 0 Å². The van der Waals surface area contributed by atoms with Crippen molar-refractivity contribution >= 4 is 44.1 Å². The van der Waals surface area contributed by atoms with E-state index in [1.807, 2.05) is 9.29 Å². The summed E-state index contributed by atoms with van der Waals surface area (Å²) in [7, 11) is -3.62. The number of imidazole rings is 1. The minimum atomic E-state index is -3.62. The van der Waals surface area contributed by atoms with Gasteiger partial charge in [0, 0.05) is 28.3 Å². The molecule has 3 rings (SSSR count). The smallest absolute Gasteiger partial charge is 0.239 e. The molecule has 0 aliphatic carbocycles. The normalized spacial score (nSPS) is 16.7. The summed E-state index contributed by atoms with van der Waals surface area (Å²) in [6.45, 7) is 0.506. The molecule has 2 aromatic rings. The van der Waals surface area contributed by atoms with E-state index in [9.17, 15) is 17.6 Å². The van der Waals surface area contributed by atoms with Crippen LogP contribution in [0.4, 0.5) is 4.39 Å². The molecular weight excluding hydrogens is 433 g/mol. The Morgan fingerprint density at radius 3 is 2.92 bits per heavy atom. The lowest BCUT2D eigenvalue weighted by molar-refractivity contribution is -0.118. The van der Waals surface area contributed by atoms with E-state index >= 15 is 0 Å². The second-order valence-electron chi connectivity index (χ2n) is 6.01. The molecule has 2 heterocycles. The number of aromatic amines is 1. The van der Waals surface area contributed by atoms with Crippen LogP contribution >= 0.6 is 28.1 Å². The van der Waals surface area contributed by atoms with Gasteiger partial charge in [0.25, 0.3) is 0 Å². The number of sulfonamides is 1. The third-order valence-corrected chi connectivity index (χ3v) is 5.47. The molecule has 1 aromatic carbocycles. The fourth-order valence-electron chi connectivity index (χ4n) is 3.08. The number of nitrogens with one attached hydrogen (secondary N) is 2. The van der Waals surface area contributed by atoms with E-state index in [0.717, 1.165) is 16.4 Å². The zero-order valence-corrected chi connectivity index (χ0v) is 16.4. The summed E-state index contributed by atoms with van der Waals surface area (Å²) >= 11 is 8.63. The number of rotatable bonds is 4. The van der Waals surface area contributed by atoms with Gasteiger partial charge in [-0.3, -0.25) is 9.52 Å². The van der Waals surface area contributed by atoms with Crippen LogP contribution in [0.3, 0.4) is 0 Å². The van der Waals surface area contributed by atoms with Gasteiger partial charge in [0.15, 0.2) is 4.77 Å². The number of aromatic nitrogens is 2. The first-order valence-electron chi connectivity index (χ1n) is 7.40. The van der Waals surface area contributed by atoms with Crippen LogP contribution in [0.25, 0.3) is 0 Å². The molecule has 0 saturated heterocycles. The number of H-pyrrole nitrogens is 1. The summed E-state index contributed by atoms with van der Waals surface area (Å²) in [6.07, 6.45) is 1.30. The van der Waals surface area contributed by atoms with Crippen LogP contribution in [0.15, 0.2) is 22.7 Å². The van der Waals surface area contributed by atoms with Crippen molar-refractivity contribution in [1.29, 1.82) is 0 Å². The number of nitrogens with zero attached hydrogens (tertiary/aromatic N) is 1. The van der Waals surface area contributed by atoms with Crippen molar-refractivity contribution in [3.05, 3.63) is 50.2 Å². The molecule has 0 fully saturated rings. The average molecular weight is 448 g/mol. The van der Waals surface area contributed by atoms with Gasteiger partial charge in [0.05, 0.1) is 12.7 Å². The minimum Gasteiger partial charge on any atom is -0.334 e. The predicted octanol–water partition coefficient (Wildman–Crippen LogP) is 2.41. The number of amides is 1. The molecule has 1 aliphatic heterocycles. The fourth-order valence-corrected chi connectivity index (χ4v) is 4.26. The first-order chi connectivity index (χ1) is 11.6. The Morgan fingerprint density at radius 1 is 1.52 bits per heavy atom. The van der Waals surface area contributed by atoms with E-state index < -0.39 is 15.9 Å². The lowest BCUT2D eigenvalue weighted by Gasteiger charge is -2.11. The topological polar surface area (TPSA) is 84.0 Å². The lowest BCUT2D eigenvalue weighted by atomic mass is 9.96. The summed E-state index contributed by atoms with van der Waals surface area (Å²) < 4.78 is 41.5. The molecular formula is C15H15BrFN3O3S2. The monoisotopic (exact) mass is 447 g/mol. The van der Waals surface area contributed by atoms with E-state index in [1.165, 1.54) is 6.07 Å². The van der Waals surface area contributed by atoms with Crippen molar-refractivity contribution in [2.75, 3.05) is 6.26 Å². The second kappa shape index (κ2) is 6.65. The first-order valence-corrected chi connectivity index (χ1v) is 10.5. The number of hydrogen-bond acceptors (Lipinski definition) is 4. The molecule has 0 unspecified atom stereocenters. The molecule has 0 saturated carbocycles. The van der Waals surface area contributed by atoms with Crippen molar-refractivity contribution in [3.63, 3.8) is 0 Å². The molecule has 1 amide bonds. The van der Waals surface area contributed by atoms with Crippen LogP contribution in [0.1, 0.15) is 22.9 Å². The van der Waals surface area contributed by atoms with Gasteiger partial charge < -0.3 is 9.55 Å². The summed E-state index contributed by atoms with van der Waals surface area (Å²) in [6, 6.07) is 4.80. The SMILES string of the molecule is CS(=O)(=O)NC(=O)Cc1[nH]c(=S)n2c1C[C@@H](c1cc(Br)ccc1F)C2. The lowest BCUT2D eigenvalue weighted by Crippen LogP contribution is -2.31. The highest BCUT2D eigenvalue weighted by Gasteiger charge is 2.29. The molecule has 6 nitrogen and oxygen atoms in total. The number of fused-ring (bicyclic) bond motifs is 1. The maximum Gasteiger partial charge on any atom is 0.239 e. The van der Waals surface area contributed by atoms with Gasteiger partial charge in [-0.05, 0) is 42.4 Å². The fraction of sp³-hybridized carbons (Fsp3) is 0.333. The van der Waals surface area contributed by atoms with Crippen LogP contribution in [0.5, 0.6) is 0 Å². The van der Waals surface area contributed by atoms with E-state index in [-0.39, 0.29) is 18.2 Å². The van der Waals surface area contributed by atoms with Crippen molar-refractivity contribution in [2.24, 2.45) is 0 Å². The van der Waals surface area contributed by atoms with Gasteiger partial charge in [-0.25, -0.2) is 12.8 Å². The molecule has 134 valence electrons. The van der Waals surface area contributed by atoms with Gasteiger partial charge in [0.2, 0.25) is 15.9 Å². The number of carbonyl (C=O) groups excluding carboxylic acids is 1. The third kappa shape index (κ3) is 4.01. The molecule has 0 bridgehead atoms. The van der Waals surface area contributed by atoms with Gasteiger partial charge in [-0.2, -0.15) is 0 Å². The minimum absolute atomic E-state index is 0.0967. The van der Waals surface area contributed by atoms with E-state index in [1.54, 1.807) is 12.1 Å². The Bertz CT molecular complexity index is 1010. The summed E-state index contributed by atoms with van der Waals surface area (Å²) in [4.78, 5) is 14.8. The first kappa shape index (κ1) is 18.3. The Hall–Kier alpha value is -1.52. The molecule has 1 atom stereocenters. The third-order valence-electron chi connectivity index (χ3n) is 4.05. The number of carbonyl (C=O) groups is 1. The van der Waals surface area contributed by atoms with Gasteiger partial charge in [-0.1, -0.05) is 15.9 Å².